The second-order valence-electron chi connectivity index (χ2n) is 4.37. The van der Waals surface area contributed by atoms with Gasteiger partial charge in [0.05, 0.1) is 4.90 Å². The summed E-state index contributed by atoms with van der Waals surface area (Å²) in [5.74, 6) is -0.137. The van der Waals surface area contributed by atoms with Gasteiger partial charge < -0.3 is 4.74 Å². The Hall–Kier alpha value is -0.980. The van der Waals surface area contributed by atoms with Gasteiger partial charge >= 0.3 is 0 Å². The minimum Gasteiger partial charge on any atom is -0.381 e. The van der Waals surface area contributed by atoms with E-state index in [-0.39, 0.29) is 4.90 Å². The maximum atomic E-state index is 13.0. The molecule has 1 aromatic carbocycles. The zero-order valence-corrected chi connectivity index (χ0v) is 10.7. The van der Waals surface area contributed by atoms with Crippen molar-refractivity contribution in [1.82, 2.24) is 4.72 Å². The first-order valence-corrected chi connectivity index (χ1v) is 7.39. The molecule has 0 aromatic heterocycles. The topological polar surface area (TPSA) is 55.4 Å². The van der Waals surface area contributed by atoms with Crippen LogP contribution in [0.3, 0.4) is 0 Å². The molecular formula is C12H16FNO3S. The second kappa shape index (κ2) is 5.77. The van der Waals surface area contributed by atoms with E-state index in [4.69, 9.17) is 4.74 Å². The van der Waals surface area contributed by atoms with E-state index in [0.717, 1.165) is 25.5 Å². The lowest BCUT2D eigenvalue weighted by Crippen LogP contribution is -2.26. The van der Waals surface area contributed by atoms with Gasteiger partial charge in [0.25, 0.3) is 0 Å². The Morgan fingerprint density at radius 2 is 2.28 bits per heavy atom. The van der Waals surface area contributed by atoms with Crippen LogP contribution in [0.25, 0.3) is 0 Å². The summed E-state index contributed by atoms with van der Waals surface area (Å²) >= 11 is 0. The molecule has 0 bridgehead atoms. The highest BCUT2D eigenvalue weighted by molar-refractivity contribution is 7.89. The molecule has 1 heterocycles. The van der Waals surface area contributed by atoms with Gasteiger partial charge in [-0.1, -0.05) is 6.07 Å². The molecule has 0 amide bonds. The maximum Gasteiger partial charge on any atom is 0.240 e. The van der Waals surface area contributed by atoms with Crippen molar-refractivity contribution in [2.75, 3.05) is 19.8 Å². The molecule has 0 spiro atoms. The zero-order chi connectivity index (χ0) is 13.0. The molecule has 0 saturated carbocycles. The molecular weight excluding hydrogens is 257 g/mol. The normalized spacial score (nSPS) is 20.2. The van der Waals surface area contributed by atoms with Gasteiger partial charge in [0.2, 0.25) is 10.0 Å². The Balaban J connectivity index is 1.90. The average Bonchev–Trinajstić information content (AvgIpc) is 2.82. The highest BCUT2D eigenvalue weighted by Gasteiger charge is 2.18. The molecule has 1 aliphatic rings. The molecule has 4 nitrogen and oxygen atoms in total. The van der Waals surface area contributed by atoms with Gasteiger partial charge in [0, 0.05) is 19.8 Å². The van der Waals surface area contributed by atoms with Crippen molar-refractivity contribution in [1.29, 1.82) is 0 Å². The molecule has 1 aliphatic heterocycles. The molecule has 1 N–H and O–H groups in total. The van der Waals surface area contributed by atoms with Crippen LogP contribution in [0.1, 0.15) is 12.8 Å². The van der Waals surface area contributed by atoms with Crippen molar-refractivity contribution in [3.63, 3.8) is 0 Å². The highest BCUT2D eigenvalue weighted by atomic mass is 32.2. The summed E-state index contributed by atoms with van der Waals surface area (Å²) in [7, 11) is -3.61. The van der Waals surface area contributed by atoms with E-state index in [2.05, 4.69) is 4.72 Å². The molecule has 1 unspecified atom stereocenters. The zero-order valence-electron chi connectivity index (χ0n) is 9.93. The molecule has 1 fully saturated rings. The Kier molecular flexibility index (Phi) is 4.31. The van der Waals surface area contributed by atoms with E-state index >= 15 is 0 Å². The minimum absolute atomic E-state index is 0.0369. The SMILES string of the molecule is O=S(=O)(NCCC1CCOC1)c1cccc(F)c1. The van der Waals surface area contributed by atoms with Crippen molar-refractivity contribution >= 4 is 10.0 Å². The van der Waals surface area contributed by atoms with Crippen molar-refractivity contribution in [2.24, 2.45) is 5.92 Å². The fourth-order valence-electron chi connectivity index (χ4n) is 1.93. The van der Waals surface area contributed by atoms with Crippen LogP contribution in [-0.2, 0) is 14.8 Å². The van der Waals surface area contributed by atoms with E-state index in [1.54, 1.807) is 0 Å². The third kappa shape index (κ3) is 3.51. The molecule has 1 saturated heterocycles. The van der Waals surface area contributed by atoms with Crippen LogP contribution in [0.4, 0.5) is 4.39 Å². The van der Waals surface area contributed by atoms with Crippen molar-refractivity contribution in [2.45, 2.75) is 17.7 Å². The summed E-state index contributed by atoms with van der Waals surface area (Å²) in [4.78, 5) is -0.0369. The lowest BCUT2D eigenvalue weighted by Gasteiger charge is -2.09. The smallest absolute Gasteiger partial charge is 0.240 e. The van der Waals surface area contributed by atoms with E-state index < -0.39 is 15.8 Å². The summed E-state index contributed by atoms with van der Waals surface area (Å²) in [5, 5.41) is 0. The molecule has 0 aliphatic carbocycles. The summed E-state index contributed by atoms with van der Waals surface area (Å²) in [5.41, 5.74) is 0. The Morgan fingerprint density at radius 3 is 2.94 bits per heavy atom. The largest absolute Gasteiger partial charge is 0.381 e. The highest BCUT2D eigenvalue weighted by Crippen LogP contribution is 2.16. The molecule has 18 heavy (non-hydrogen) atoms. The molecule has 2 rings (SSSR count). The summed E-state index contributed by atoms with van der Waals surface area (Å²) in [6, 6.07) is 4.99. The molecule has 0 radical (unpaired) electrons. The number of nitrogens with one attached hydrogen (secondary N) is 1. The van der Waals surface area contributed by atoms with E-state index in [1.165, 1.54) is 18.2 Å². The van der Waals surface area contributed by atoms with E-state index in [9.17, 15) is 12.8 Å². The number of benzene rings is 1. The average molecular weight is 273 g/mol. The first kappa shape index (κ1) is 13.5. The van der Waals surface area contributed by atoms with Gasteiger partial charge in [-0.3, -0.25) is 0 Å². The number of hydrogen-bond acceptors (Lipinski definition) is 3. The van der Waals surface area contributed by atoms with Crippen LogP contribution in [0.15, 0.2) is 29.2 Å². The van der Waals surface area contributed by atoms with E-state index in [1.807, 2.05) is 0 Å². The number of rotatable bonds is 5. The molecule has 1 aromatic rings. The second-order valence-corrected chi connectivity index (χ2v) is 6.14. The van der Waals surface area contributed by atoms with Crippen molar-refractivity contribution in [3.8, 4) is 0 Å². The summed E-state index contributed by atoms with van der Waals surface area (Å²) < 4.78 is 44.3. The van der Waals surface area contributed by atoms with Crippen LogP contribution >= 0.6 is 0 Å². The third-order valence-corrected chi connectivity index (χ3v) is 4.43. The van der Waals surface area contributed by atoms with Crippen molar-refractivity contribution < 1.29 is 17.5 Å². The first-order valence-electron chi connectivity index (χ1n) is 5.91. The summed E-state index contributed by atoms with van der Waals surface area (Å²) in [6.07, 6.45) is 1.72. The number of sulfonamides is 1. The van der Waals surface area contributed by atoms with E-state index in [0.29, 0.717) is 19.1 Å². The van der Waals surface area contributed by atoms with Gasteiger partial charge in [-0.05, 0) is 37.0 Å². The number of halogens is 1. The number of hydrogen-bond donors (Lipinski definition) is 1. The van der Waals surface area contributed by atoms with Crippen LogP contribution in [0, 0.1) is 11.7 Å². The Morgan fingerprint density at radius 1 is 1.44 bits per heavy atom. The molecule has 1 atom stereocenters. The lowest BCUT2D eigenvalue weighted by atomic mass is 10.1. The predicted octanol–water partition coefficient (Wildman–Crippen LogP) is 1.53. The van der Waals surface area contributed by atoms with Gasteiger partial charge in [-0.2, -0.15) is 0 Å². The third-order valence-electron chi connectivity index (χ3n) is 2.98. The quantitative estimate of drug-likeness (QED) is 0.885. The Bertz CT molecular complexity index is 498. The van der Waals surface area contributed by atoms with Gasteiger partial charge in [-0.15, -0.1) is 0 Å². The molecule has 6 heteroatoms. The minimum atomic E-state index is -3.61. The fraction of sp³-hybridized carbons (Fsp3) is 0.500. The Labute approximate surface area is 106 Å². The van der Waals surface area contributed by atoms with Gasteiger partial charge in [0.1, 0.15) is 5.82 Å². The lowest BCUT2D eigenvalue weighted by molar-refractivity contribution is 0.184. The van der Waals surface area contributed by atoms with Crippen LogP contribution in [0.2, 0.25) is 0 Å². The van der Waals surface area contributed by atoms with Crippen LogP contribution in [-0.4, -0.2) is 28.2 Å². The van der Waals surface area contributed by atoms with Gasteiger partial charge in [0.15, 0.2) is 0 Å². The standard InChI is InChI=1S/C12H16FNO3S/c13-11-2-1-3-12(8-11)18(15,16)14-6-4-10-5-7-17-9-10/h1-3,8,10,14H,4-7,9H2. The first-order chi connectivity index (χ1) is 8.58. The monoisotopic (exact) mass is 273 g/mol. The predicted molar refractivity (Wildman–Crippen MR) is 65.1 cm³/mol. The fourth-order valence-corrected chi connectivity index (χ4v) is 3.00. The van der Waals surface area contributed by atoms with Crippen molar-refractivity contribution in [3.05, 3.63) is 30.1 Å². The number of ether oxygens (including phenoxy) is 1. The van der Waals surface area contributed by atoms with Crippen LogP contribution in [0.5, 0.6) is 0 Å². The maximum absolute atomic E-state index is 13.0. The van der Waals surface area contributed by atoms with Crippen LogP contribution < -0.4 is 4.72 Å². The summed E-state index contributed by atoms with van der Waals surface area (Å²) in [6.45, 7) is 1.80. The molecule has 100 valence electrons. The van der Waals surface area contributed by atoms with Gasteiger partial charge in [-0.25, -0.2) is 17.5 Å².